The Balaban J connectivity index is 2.07. The predicted molar refractivity (Wildman–Crippen MR) is 151 cm³/mol. The van der Waals surface area contributed by atoms with Gasteiger partial charge in [0.2, 0.25) is 0 Å². The highest BCUT2D eigenvalue weighted by atomic mass is 31.2. The third kappa shape index (κ3) is 5.28. The van der Waals surface area contributed by atoms with E-state index in [9.17, 15) is 9.90 Å². The van der Waals surface area contributed by atoms with E-state index in [0.29, 0.717) is 15.9 Å². The van der Waals surface area contributed by atoms with Gasteiger partial charge in [-0.25, -0.2) is 4.79 Å². The Morgan fingerprint density at radius 1 is 0.730 bits per heavy atom. The molecule has 0 saturated heterocycles. The molecule has 4 rings (SSSR count). The second kappa shape index (κ2) is 10.7. The summed E-state index contributed by atoms with van der Waals surface area (Å²) in [7, 11) is -6.16. The number of halogens is 2. The zero-order valence-electron chi connectivity index (χ0n) is 21.0. The lowest BCUT2D eigenvalue weighted by atomic mass is 10.1. The van der Waals surface area contributed by atoms with E-state index in [0.717, 1.165) is 0 Å². The van der Waals surface area contributed by atoms with Crippen LogP contribution in [0.5, 0.6) is 0 Å². The van der Waals surface area contributed by atoms with Gasteiger partial charge in [0.15, 0.2) is 21.7 Å². The third-order valence-electron chi connectivity index (χ3n) is 6.12. The molecular formula is C30H30F2O3PSi+. The van der Waals surface area contributed by atoms with Gasteiger partial charge in [-0.05, 0) is 73.7 Å². The minimum Gasteiger partial charge on any atom is -0.478 e. The Morgan fingerprint density at radius 3 is 1.43 bits per heavy atom. The third-order valence-corrected chi connectivity index (χ3v) is 11.4. The van der Waals surface area contributed by atoms with Gasteiger partial charge in [0.05, 0.1) is 5.56 Å². The summed E-state index contributed by atoms with van der Waals surface area (Å²) in [6.45, 7) is 5.65. The summed E-state index contributed by atoms with van der Waals surface area (Å²) in [4.78, 5) is 11.5. The summed E-state index contributed by atoms with van der Waals surface area (Å²) in [6, 6.07) is 32.6. The summed E-state index contributed by atoms with van der Waals surface area (Å²) < 4.78 is 41.9. The molecule has 3 nitrogen and oxygen atoms in total. The monoisotopic (exact) mass is 535 g/mol. The highest BCUT2D eigenvalue weighted by Crippen LogP contribution is 2.71. The molecule has 0 aromatic heterocycles. The van der Waals surface area contributed by atoms with Crippen LogP contribution in [0, 0.1) is 0 Å². The molecule has 37 heavy (non-hydrogen) atoms. The number of carbonyl (C=O) groups is 1. The van der Waals surface area contributed by atoms with Gasteiger partial charge < -0.3 is 9.53 Å². The van der Waals surface area contributed by atoms with Gasteiger partial charge >= 0.3 is 11.6 Å². The van der Waals surface area contributed by atoms with Crippen molar-refractivity contribution >= 4 is 37.5 Å². The zero-order chi connectivity index (χ0) is 26.7. The molecule has 1 unspecified atom stereocenters. The molecule has 0 saturated carbocycles. The van der Waals surface area contributed by atoms with Crippen molar-refractivity contribution in [3.63, 3.8) is 0 Å². The number of hydrogen-bond donors (Lipinski definition) is 1. The van der Waals surface area contributed by atoms with Gasteiger partial charge in [0.1, 0.15) is 15.9 Å². The molecule has 0 fully saturated rings. The Hall–Kier alpha value is -3.18. The quantitative estimate of drug-likeness (QED) is 0.188. The second-order valence-electron chi connectivity index (χ2n) is 9.80. The smallest absolute Gasteiger partial charge is 0.395 e. The molecule has 0 amide bonds. The van der Waals surface area contributed by atoms with Crippen LogP contribution in [0.3, 0.4) is 0 Å². The minimum atomic E-state index is -3.65. The van der Waals surface area contributed by atoms with Crippen LogP contribution in [-0.2, 0) is 4.43 Å². The van der Waals surface area contributed by atoms with E-state index >= 15 is 8.78 Å². The van der Waals surface area contributed by atoms with E-state index in [1.54, 1.807) is 72.8 Å². The summed E-state index contributed by atoms with van der Waals surface area (Å²) in [5.41, 5.74) is -3.10. The molecule has 4 aromatic carbocycles. The number of carboxylic acid groups (broad SMARTS) is 1. The SMILES string of the molecule is C[Si](C)(C)OC(c1ccc(C(=O)O)cc1)C(F)(F)[P+](c1ccccc1)(c1ccccc1)c1ccccc1. The lowest BCUT2D eigenvalue weighted by Gasteiger charge is -2.40. The summed E-state index contributed by atoms with van der Waals surface area (Å²) in [5.74, 6) is -1.11. The molecular weight excluding hydrogens is 505 g/mol. The largest absolute Gasteiger partial charge is 0.478 e. The first kappa shape index (κ1) is 26.9. The number of aromatic carboxylic acids is 1. The second-order valence-corrected chi connectivity index (χ2v) is 17.8. The van der Waals surface area contributed by atoms with Gasteiger partial charge in [-0.2, -0.15) is 8.78 Å². The standard InChI is InChI=1S/C30H29F2O3PSi/c1-37(2,3)35-28(23-19-21-24(22-20-23)29(33)34)30(31,32)36(25-13-7-4-8-14-25,26-15-9-5-10-16-26)27-17-11-6-12-18-27/h4-22,28H,1-3H3/p+1. The van der Waals surface area contributed by atoms with Gasteiger partial charge in [0.25, 0.3) is 0 Å². The Morgan fingerprint density at radius 2 is 1.11 bits per heavy atom. The highest BCUT2D eigenvalue weighted by molar-refractivity contribution is 7.96. The van der Waals surface area contributed by atoms with Crippen molar-refractivity contribution in [3.8, 4) is 0 Å². The average Bonchev–Trinajstić information content (AvgIpc) is 2.89. The Kier molecular flexibility index (Phi) is 7.74. The number of hydrogen-bond acceptors (Lipinski definition) is 2. The van der Waals surface area contributed by atoms with E-state index in [2.05, 4.69) is 0 Å². The van der Waals surface area contributed by atoms with Crippen LogP contribution < -0.4 is 15.9 Å². The fourth-order valence-electron chi connectivity index (χ4n) is 4.59. The predicted octanol–water partition coefficient (Wildman–Crippen LogP) is 6.86. The van der Waals surface area contributed by atoms with Crippen LogP contribution in [0.4, 0.5) is 8.78 Å². The zero-order valence-corrected chi connectivity index (χ0v) is 22.9. The van der Waals surface area contributed by atoms with Crippen molar-refractivity contribution < 1.29 is 23.1 Å². The maximum absolute atomic E-state index is 17.8. The van der Waals surface area contributed by atoms with Gasteiger partial charge in [0, 0.05) is 0 Å². The van der Waals surface area contributed by atoms with E-state index in [-0.39, 0.29) is 11.1 Å². The minimum absolute atomic E-state index is 0.0362. The van der Waals surface area contributed by atoms with Crippen LogP contribution >= 0.6 is 7.26 Å². The molecule has 0 aliphatic heterocycles. The lowest BCUT2D eigenvalue weighted by molar-refractivity contribution is -0.0304. The Bertz CT molecular complexity index is 1230. The van der Waals surface area contributed by atoms with Gasteiger partial charge in [-0.15, -0.1) is 0 Å². The average molecular weight is 536 g/mol. The molecule has 0 bridgehead atoms. The molecule has 7 heteroatoms. The molecule has 0 aliphatic carbocycles. The molecule has 0 radical (unpaired) electrons. The van der Waals surface area contributed by atoms with Crippen LogP contribution in [0.2, 0.25) is 19.6 Å². The Labute approximate surface area is 218 Å². The van der Waals surface area contributed by atoms with Crippen LogP contribution in [0.15, 0.2) is 115 Å². The maximum Gasteiger partial charge on any atom is 0.395 e. The van der Waals surface area contributed by atoms with E-state index < -0.39 is 33.3 Å². The van der Waals surface area contributed by atoms with E-state index in [1.165, 1.54) is 24.3 Å². The van der Waals surface area contributed by atoms with E-state index in [4.69, 9.17) is 4.43 Å². The molecule has 1 N–H and O–H groups in total. The fraction of sp³-hybridized carbons (Fsp3) is 0.167. The van der Waals surface area contributed by atoms with Crippen LogP contribution in [-0.4, -0.2) is 25.1 Å². The summed E-state index contributed by atoms with van der Waals surface area (Å²) >= 11 is 0. The molecule has 0 heterocycles. The number of rotatable bonds is 9. The highest BCUT2D eigenvalue weighted by Gasteiger charge is 2.70. The normalized spacial score (nSPS) is 13.2. The number of benzene rings is 4. The molecule has 0 aliphatic rings. The first-order valence-electron chi connectivity index (χ1n) is 12.0. The lowest BCUT2D eigenvalue weighted by Crippen LogP contribution is -2.48. The van der Waals surface area contributed by atoms with Crippen LogP contribution in [0.1, 0.15) is 22.0 Å². The maximum atomic E-state index is 17.8. The van der Waals surface area contributed by atoms with Gasteiger partial charge in [-0.1, -0.05) is 66.7 Å². The molecule has 4 aromatic rings. The van der Waals surface area contributed by atoms with Crippen LogP contribution in [0.25, 0.3) is 0 Å². The topological polar surface area (TPSA) is 46.5 Å². The molecule has 190 valence electrons. The number of carboxylic acids is 1. The first-order valence-corrected chi connectivity index (χ1v) is 17.2. The van der Waals surface area contributed by atoms with Crippen molar-refractivity contribution in [1.29, 1.82) is 0 Å². The first-order chi connectivity index (χ1) is 17.6. The molecule has 1 atom stereocenters. The van der Waals surface area contributed by atoms with Gasteiger partial charge in [-0.3, -0.25) is 0 Å². The molecule has 0 spiro atoms. The van der Waals surface area contributed by atoms with Crippen molar-refractivity contribution in [1.82, 2.24) is 0 Å². The number of alkyl halides is 2. The van der Waals surface area contributed by atoms with Crippen molar-refractivity contribution in [2.45, 2.75) is 31.4 Å². The van der Waals surface area contributed by atoms with Crippen molar-refractivity contribution in [3.05, 3.63) is 126 Å². The summed E-state index contributed by atoms with van der Waals surface area (Å²) in [6.07, 6.45) is -1.59. The fourth-order valence-corrected chi connectivity index (χ4v) is 10.0. The van der Waals surface area contributed by atoms with Crippen molar-refractivity contribution in [2.24, 2.45) is 0 Å². The van der Waals surface area contributed by atoms with E-state index in [1.807, 2.05) is 37.8 Å². The van der Waals surface area contributed by atoms with Crippen molar-refractivity contribution in [2.75, 3.05) is 0 Å². The summed E-state index contributed by atoms with van der Waals surface area (Å²) in [5, 5.41) is 11.0.